The molecule has 0 amide bonds. The van der Waals surface area contributed by atoms with Crippen molar-refractivity contribution in [3.8, 4) is 17.1 Å². The van der Waals surface area contributed by atoms with Crippen molar-refractivity contribution in [1.29, 1.82) is 0 Å². The van der Waals surface area contributed by atoms with E-state index in [9.17, 15) is 0 Å². The molecule has 1 N–H and O–H groups in total. The number of benzene rings is 2. The van der Waals surface area contributed by atoms with Crippen LogP contribution >= 0.6 is 0 Å². The van der Waals surface area contributed by atoms with Crippen molar-refractivity contribution < 1.29 is 4.74 Å². The van der Waals surface area contributed by atoms with E-state index >= 15 is 0 Å². The van der Waals surface area contributed by atoms with Crippen LogP contribution in [0.15, 0.2) is 54.6 Å². The maximum Gasteiger partial charge on any atom is 0.208 e. The maximum atomic E-state index is 6.03. The van der Waals surface area contributed by atoms with Crippen LogP contribution < -0.4 is 4.74 Å². The van der Waals surface area contributed by atoms with E-state index in [0.717, 1.165) is 16.9 Å². The lowest BCUT2D eigenvalue weighted by molar-refractivity contribution is 0.228. The molecule has 0 saturated heterocycles. The first-order valence-electron chi connectivity index (χ1n) is 6.39. The Morgan fingerprint density at radius 3 is 2.50 bits per heavy atom. The molecule has 0 saturated carbocycles. The lowest BCUT2D eigenvalue weighted by Gasteiger charge is -2.16. The van der Waals surface area contributed by atoms with Gasteiger partial charge in [-0.15, -0.1) is 10.2 Å². The van der Waals surface area contributed by atoms with Gasteiger partial charge in [-0.2, -0.15) is 5.21 Å². The van der Waals surface area contributed by atoms with Gasteiger partial charge in [-0.1, -0.05) is 42.5 Å². The zero-order valence-corrected chi connectivity index (χ0v) is 11.0. The van der Waals surface area contributed by atoms with E-state index in [2.05, 4.69) is 20.6 Å². The molecule has 3 aromatic rings. The molecule has 20 heavy (non-hydrogen) atoms. The number of hydrogen-bond acceptors (Lipinski definition) is 4. The molecular weight excluding hydrogens is 252 g/mol. The van der Waals surface area contributed by atoms with Crippen molar-refractivity contribution in [3.63, 3.8) is 0 Å². The molecule has 0 aliphatic heterocycles. The Kier molecular flexibility index (Phi) is 3.41. The van der Waals surface area contributed by atoms with Crippen molar-refractivity contribution in [1.82, 2.24) is 20.6 Å². The molecule has 0 bridgehead atoms. The summed E-state index contributed by atoms with van der Waals surface area (Å²) in [4.78, 5) is 0. The smallest absolute Gasteiger partial charge is 0.208 e. The van der Waals surface area contributed by atoms with Gasteiger partial charge in [0.05, 0.1) is 5.56 Å². The summed E-state index contributed by atoms with van der Waals surface area (Å²) in [7, 11) is 0. The first kappa shape index (κ1) is 12.3. The van der Waals surface area contributed by atoms with E-state index < -0.39 is 0 Å². The second-order valence-corrected chi connectivity index (χ2v) is 4.40. The van der Waals surface area contributed by atoms with Crippen LogP contribution in [-0.4, -0.2) is 20.6 Å². The topological polar surface area (TPSA) is 63.7 Å². The van der Waals surface area contributed by atoms with Crippen LogP contribution in [0.3, 0.4) is 0 Å². The fraction of sp³-hybridized carbons (Fsp3) is 0.133. The highest BCUT2D eigenvalue weighted by Gasteiger charge is 2.13. The van der Waals surface area contributed by atoms with E-state index in [1.165, 1.54) is 0 Å². The number of nitrogens with one attached hydrogen (secondary N) is 1. The van der Waals surface area contributed by atoms with Gasteiger partial charge in [0.25, 0.3) is 0 Å². The summed E-state index contributed by atoms with van der Waals surface area (Å²) >= 11 is 0. The summed E-state index contributed by atoms with van der Waals surface area (Å²) in [6.45, 7) is 2.02. The molecular formula is C15H14N4O. The van der Waals surface area contributed by atoms with Crippen LogP contribution in [0.4, 0.5) is 0 Å². The average molecular weight is 266 g/mol. The molecule has 0 aliphatic carbocycles. The van der Waals surface area contributed by atoms with Crippen molar-refractivity contribution in [2.24, 2.45) is 0 Å². The van der Waals surface area contributed by atoms with Crippen LogP contribution in [0.5, 0.6) is 5.75 Å². The average Bonchev–Trinajstić information content (AvgIpc) is 3.03. The third-order valence-electron chi connectivity index (χ3n) is 3.05. The number of aromatic amines is 1. The number of tetrazole rings is 1. The van der Waals surface area contributed by atoms with E-state index in [1.807, 2.05) is 61.5 Å². The van der Waals surface area contributed by atoms with Gasteiger partial charge in [0, 0.05) is 0 Å². The standard InChI is InChI=1S/C15H14N4O/c1-11(12-7-3-2-4-8-12)20-14-10-6-5-9-13(14)15-16-18-19-17-15/h2-11H,1H3,(H,16,17,18,19). The van der Waals surface area contributed by atoms with Crippen molar-refractivity contribution in [2.75, 3.05) is 0 Å². The van der Waals surface area contributed by atoms with Gasteiger partial charge in [0.1, 0.15) is 11.9 Å². The molecule has 0 radical (unpaired) electrons. The maximum absolute atomic E-state index is 6.03. The van der Waals surface area contributed by atoms with Gasteiger partial charge in [0.2, 0.25) is 5.82 Å². The SMILES string of the molecule is CC(Oc1ccccc1-c1nn[nH]n1)c1ccccc1. The Bertz CT molecular complexity index is 667. The number of aromatic nitrogens is 4. The second kappa shape index (κ2) is 5.52. The first-order chi connectivity index (χ1) is 9.84. The summed E-state index contributed by atoms with van der Waals surface area (Å²) in [6, 6.07) is 17.7. The van der Waals surface area contributed by atoms with Gasteiger partial charge >= 0.3 is 0 Å². The molecule has 5 nitrogen and oxygen atoms in total. The quantitative estimate of drug-likeness (QED) is 0.788. The zero-order valence-electron chi connectivity index (χ0n) is 11.0. The molecule has 0 spiro atoms. The Hall–Kier alpha value is -2.69. The summed E-state index contributed by atoms with van der Waals surface area (Å²) in [5, 5.41) is 14.0. The molecule has 0 aliphatic rings. The molecule has 3 rings (SSSR count). The van der Waals surface area contributed by atoms with Crippen molar-refractivity contribution in [3.05, 3.63) is 60.2 Å². The number of nitrogens with zero attached hydrogens (tertiary/aromatic N) is 3. The predicted octanol–water partition coefficient (Wildman–Crippen LogP) is 3.01. The van der Waals surface area contributed by atoms with Crippen molar-refractivity contribution >= 4 is 0 Å². The molecule has 2 aromatic carbocycles. The van der Waals surface area contributed by atoms with Crippen LogP contribution in [0, 0.1) is 0 Å². The highest BCUT2D eigenvalue weighted by atomic mass is 16.5. The number of hydrogen-bond donors (Lipinski definition) is 1. The van der Waals surface area contributed by atoms with Gasteiger partial charge in [-0.25, -0.2) is 0 Å². The lowest BCUT2D eigenvalue weighted by atomic mass is 10.1. The fourth-order valence-electron chi connectivity index (χ4n) is 2.01. The summed E-state index contributed by atoms with van der Waals surface area (Å²) in [5.41, 5.74) is 1.94. The number of rotatable bonds is 4. The normalized spacial score (nSPS) is 12.1. The molecule has 1 unspecified atom stereocenters. The largest absolute Gasteiger partial charge is 0.485 e. The molecule has 1 heterocycles. The van der Waals surface area contributed by atoms with E-state index in [-0.39, 0.29) is 6.10 Å². The molecule has 1 atom stereocenters. The highest BCUT2D eigenvalue weighted by molar-refractivity contribution is 5.63. The van der Waals surface area contributed by atoms with Crippen LogP contribution in [0.1, 0.15) is 18.6 Å². The Morgan fingerprint density at radius 1 is 1.00 bits per heavy atom. The van der Waals surface area contributed by atoms with Crippen molar-refractivity contribution in [2.45, 2.75) is 13.0 Å². The number of ether oxygens (including phenoxy) is 1. The minimum atomic E-state index is -0.0516. The van der Waals surface area contributed by atoms with E-state index in [1.54, 1.807) is 0 Å². The van der Waals surface area contributed by atoms with Gasteiger partial charge in [-0.05, 0) is 29.8 Å². The van der Waals surface area contributed by atoms with Crippen LogP contribution in [-0.2, 0) is 0 Å². The molecule has 100 valence electrons. The fourth-order valence-corrected chi connectivity index (χ4v) is 2.01. The van der Waals surface area contributed by atoms with Gasteiger partial charge < -0.3 is 4.74 Å². The number of H-pyrrole nitrogens is 1. The first-order valence-corrected chi connectivity index (χ1v) is 6.39. The molecule has 5 heteroatoms. The summed E-state index contributed by atoms with van der Waals surface area (Å²) in [5.74, 6) is 1.27. The second-order valence-electron chi connectivity index (χ2n) is 4.40. The zero-order chi connectivity index (χ0) is 13.8. The monoisotopic (exact) mass is 266 g/mol. The highest BCUT2D eigenvalue weighted by Crippen LogP contribution is 2.30. The van der Waals surface area contributed by atoms with Gasteiger partial charge in [-0.3, -0.25) is 0 Å². The van der Waals surface area contributed by atoms with Crippen LogP contribution in [0.25, 0.3) is 11.4 Å². The molecule has 1 aromatic heterocycles. The third kappa shape index (κ3) is 2.51. The lowest BCUT2D eigenvalue weighted by Crippen LogP contribution is -2.04. The summed E-state index contributed by atoms with van der Waals surface area (Å²) in [6.07, 6.45) is -0.0516. The minimum absolute atomic E-state index is 0.0516. The molecule has 0 fully saturated rings. The van der Waals surface area contributed by atoms with Crippen LogP contribution in [0.2, 0.25) is 0 Å². The Labute approximate surface area is 116 Å². The summed E-state index contributed by atoms with van der Waals surface area (Å²) < 4.78 is 6.03. The predicted molar refractivity (Wildman–Crippen MR) is 75.1 cm³/mol. The number of para-hydroxylation sites is 1. The Balaban J connectivity index is 1.88. The Morgan fingerprint density at radius 2 is 1.75 bits per heavy atom. The minimum Gasteiger partial charge on any atom is -0.485 e. The van der Waals surface area contributed by atoms with E-state index in [0.29, 0.717) is 5.82 Å². The third-order valence-corrected chi connectivity index (χ3v) is 3.05. The van der Waals surface area contributed by atoms with Gasteiger partial charge in [0.15, 0.2) is 0 Å². The van der Waals surface area contributed by atoms with E-state index in [4.69, 9.17) is 4.74 Å².